The average molecular weight is 276 g/mol. The third kappa shape index (κ3) is 3.99. The fourth-order valence-corrected chi connectivity index (χ4v) is 2.02. The molecule has 0 aliphatic carbocycles. The van der Waals surface area contributed by atoms with Crippen LogP contribution in [0.25, 0.3) is 0 Å². The number of rotatable bonds is 5. The van der Waals surface area contributed by atoms with Gasteiger partial charge in [0.2, 0.25) is 0 Å². The Bertz CT molecular complexity index is 476. The van der Waals surface area contributed by atoms with Crippen LogP contribution in [-0.4, -0.2) is 43.9 Å². The number of nitrogens with one attached hydrogen (secondary N) is 1. The number of nitrogens with zero attached hydrogens (tertiary/aromatic N) is 1. The molecule has 5 nitrogen and oxygen atoms in total. The van der Waals surface area contributed by atoms with Crippen LogP contribution in [0.5, 0.6) is 0 Å². The number of carboxylic acid groups (broad SMARTS) is 1. The predicted octanol–water partition coefficient (Wildman–Crippen LogP) is 1.97. The number of carboxylic acids is 1. The minimum atomic E-state index is -0.880. The SMILES string of the molecule is C/C(=C/CNc1ccc(N2CCOCC2)cc1)C(=O)O. The second kappa shape index (κ2) is 6.96. The predicted molar refractivity (Wildman–Crippen MR) is 79.4 cm³/mol. The second-order valence-electron chi connectivity index (χ2n) is 4.72. The minimum Gasteiger partial charge on any atom is -0.478 e. The fourth-order valence-electron chi connectivity index (χ4n) is 2.02. The Hall–Kier alpha value is -2.01. The maximum atomic E-state index is 10.6. The zero-order valence-corrected chi connectivity index (χ0v) is 11.6. The third-order valence-electron chi connectivity index (χ3n) is 3.30. The van der Waals surface area contributed by atoms with Gasteiger partial charge in [-0.15, -0.1) is 0 Å². The molecule has 1 fully saturated rings. The molecule has 20 heavy (non-hydrogen) atoms. The van der Waals surface area contributed by atoms with Gasteiger partial charge in [-0.3, -0.25) is 0 Å². The van der Waals surface area contributed by atoms with Gasteiger partial charge in [0, 0.05) is 36.6 Å². The van der Waals surface area contributed by atoms with Crippen molar-refractivity contribution in [2.24, 2.45) is 0 Å². The summed E-state index contributed by atoms with van der Waals surface area (Å²) in [6, 6.07) is 8.16. The van der Waals surface area contributed by atoms with Gasteiger partial charge in [0.15, 0.2) is 0 Å². The van der Waals surface area contributed by atoms with Gasteiger partial charge in [0.05, 0.1) is 13.2 Å². The van der Waals surface area contributed by atoms with Crippen LogP contribution in [0, 0.1) is 0 Å². The van der Waals surface area contributed by atoms with Gasteiger partial charge >= 0.3 is 5.97 Å². The molecule has 0 saturated carbocycles. The standard InChI is InChI=1S/C15H20N2O3/c1-12(15(18)19)6-7-16-13-2-4-14(5-3-13)17-8-10-20-11-9-17/h2-6,16H,7-11H2,1H3,(H,18,19)/b12-6-. The Morgan fingerprint density at radius 1 is 1.35 bits per heavy atom. The molecule has 0 radical (unpaired) electrons. The van der Waals surface area contributed by atoms with E-state index in [4.69, 9.17) is 9.84 Å². The summed E-state index contributed by atoms with van der Waals surface area (Å²) in [6.07, 6.45) is 1.66. The zero-order chi connectivity index (χ0) is 14.4. The summed E-state index contributed by atoms with van der Waals surface area (Å²) in [5.41, 5.74) is 2.52. The maximum absolute atomic E-state index is 10.6. The highest BCUT2D eigenvalue weighted by molar-refractivity contribution is 5.85. The van der Waals surface area contributed by atoms with Crippen molar-refractivity contribution in [1.82, 2.24) is 0 Å². The van der Waals surface area contributed by atoms with Crippen molar-refractivity contribution in [2.45, 2.75) is 6.92 Å². The van der Waals surface area contributed by atoms with E-state index in [-0.39, 0.29) is 0 Å². The molecule has 0 aromatic heterocycles. The number of morpholine rings is 1. The quantitative estimate of drug-likeness (QED) is 0.805. The van der Waals surface area contributed by atoms with E-state index in [1.165, 1.54) is 5.69 Å². The number of ether oxygens (including phenoxy) is 1. The van der Waals surface area contributed by atoms with Gasteiger partial charge in [0.25, 0.3) is 0 Å². The van der Waals surface area contributed by atoms with E-state index in [1.807, 2.05) is 12.1 Å². The number of carbonyl (C=O) groups is 1. The summed E-state index contributed by atoms with van der Waals surface area (Å²) in [6.45, 7) is 5.50. The fraction of sp³-hybridized carbons (Fsp3) is 0.400. The molecule has 0 amide bonds. The first-order valence-corrected chi connectivity index (χ1v) is 6.73. The summed E-state index contributed by atoms with van der Waals surface area (Å²) in [5, 5.41) is 11.9. The van der Waals surface area contributed by atoms with Crippen LogP contribution in [0.4, 0.5) is 11.4 Å². The molecular weight excluding hydrogens is 256 g/mol. The Labute approximate surface area is 118 Å². The van der Waals surface area contributed by atoms with Crippen LogP contribution in [0.3, 0.4) is 0 Å². The molecule has 1 saturated heterocycles. The van der Waals surface area contributed by atoms with Crippen LogP contribution < -0.4 is 10.2 Å². The molecule has 2 N–H and O–H groups in total. The van der Waals surface area contributed by atoms with Crippen LogP contribution in [0.2, 0.25) is 0 Å². The van der Waals surface area contributed by atoms with Crippen molar-refractivity contribution in [3.63, 3.8) is 0 Å². The monoisotopic (exact) mass is 276 g/mol. The van der Waals surface area contributed by atoms with Gasteiger partial charge in [-0.2, -0.15) is 0 Å². The summed E-state index contributed by atoms with van der Waals surface area (Å²) < 4.78 is 5.33. The van der Waals surface area contributed by atoms with Crippen LogP contribution in [-0.2, 0) is 9.53 Å². The number of aliphatic carboxylic acids is 1. The van der Waals surface area contributed by atoms with Gasteiger partial charge in [0.1, 0.15) is 0 Å². The van der Waals surface area contributed by atoms with Gasteiger partial charge < -0.3 is 20.1 Å². The highest BCUT2D eigenvalue weighted by Gasteiger charge is 2.10. The Balaban J connectivity index is 1.88. The average Bonchev–Trinajstić information content (AvgIpc) is 2.48. The molecule has 1 aliphatic heterocycles. The van der Waals surface area contributed by atoms with E-state index >= 15 is 0 Å². The molecule has 108 valence electrons. The first-order chi connectivity index (χ1) is 9.66. The summed E-state index contributed by atoms with van der Waals surface area (Å²) in [5.74, 6) is -0.880. The Morgan fingerprint density at radius 3 is 2.60 bits per heavy atom. The van der Waals surface area contributed by atoms with E-state index in [9.17, 15) is 4.79 Å². The highest BCUT2D eigenvalue weighted by Crippen LogP contribution is 2.18. The molecule has 5 heteroatoms. The maximum Gasteiger partial charge on any atom is 0.331 e. The summed E-state index contributed by atoms with van der Waals surface area (Å²) in [7, 11) is 0. The first kappa shape index (κ1) is 14.4. The van der Waals surface area contributed by atoms with Crippen molar-refractivity contribution in [3.8, 4) is 0 Å². The molecular formula is C15H20N2O3. The zero-order valence-electron chi connectivity index (χ0n) is 11.6. The van der Waals surface area contributed by atoms with Crippen molar-refractivity contribution in [2.75, 3.05) is 43.1 Å². The van der Waals surface area contributed by atoms with Gasteiger partial charge in [-0.25, -0.2) is 4.79 Å². The molecule has 0 unspecified atom stereocenters. The minimum absolute atomic E-state index is 0.349. The van der Waals surface area contributed by atoms with E-state index in [0.717, 1.165) is 32.0 Å². The molecule has 2 rings (SSSR count). The van der Waals surface area contributed by atoms with Crippen LogP contribution >= 0.6 is 0 Å². The normalized spacial score (nSPS) is 16.1. The molecule has 0 bridgehead atoms. The Morgan fingerprint density at radius 2 is 2.00 bits per heavy atom. The number of hydrogen-bond donors (Lipinski definition) is 2. The number of hydrogen-bond acceptors (Lipinski definition) is 4. The number of anilines is 2. The van der Waals surface area contributed by atoms with E-state index in [0.29, 0.717) is 12.1 Å². The van der Waals surface area contributed by atoms with Crippen molar-refractivity contribution >= 4 is 17.3 Å². The molecule has 1 aromatic rings. The molecule has 1 heterocycles. The van der Waals surface area contributed by atoms with E-state index in [1.54, 1.807) is 13.0 Å². The molecule has 1 aliphatic rings. The van der Waals surface area contributed by atoms with Crippen molar-refractivity contribution < 1.29 is 14.6 Å². The van der Waals surface area contributed by atoms with Gasteiger partial charge in [-0.05, 0) is 31.2 Å². The van der Waals surface area contributed by atoms with E-state index in [2.05, 4.69) is 22.3 Å². The lowest BCUT2D eigenvalue weighted by molar-refractivity contribution is -0.132. The largest absolute Gasteiger partial charge is 0.478 e. The first-order valence-electron chi connectivity index (χ1n) is 6.73. The Kier molecular flexibility index (Phi) is 5.01. The summed E-state index contributed by atoms with van der Waals surface area (Å²) in [4.78, 5) is 12.9. The lowest BCUT2D eigenvalue weighted by Gasteiger charge is -2.28. The lowest BCUT2D eigenvalue weighted by Crippen LogP contribution is -2.36. The summed E-state index contributed by atoms with van der Waals surface area (Å²) >= 11 is 0. The van der Waals surface area contributed by atoms with E-state index < -0.39 is 5.97 Å². The molecule has 0 spiro atoms. The highest BCUT2D eigenvalue weighted by atomic mass is 16.5. The smallest absolute Gasteiger partial charge is 0.331 e. The number of benzene rings is 1. The van der Waals surface area contributed by atoms with Gasteiger partial charge in [-0.1, -0.05) is 6.08 Å². The third-order valence-corrected chi connectivity index (χ3v) is 3.30. The van der Waals surface area contributed by atoms with Crippen molar-refractivity contribution in [3.05, 3.63) is 35.9 Å². The molecule has 0 atom stereocenters. The van der Waals surface area contributed by atoms with Crippen LogP contribution in [0.15, 0.2) is 35.9 Å². The second-order valence-corrected chi connectivity index (χ2v) is 4.72. The lowest BCUT2D eigenvalue weighted by atomic mass is 10.2. The molecule has 1 aromatic carbocycles. The van der Waals surface area contributed by atoms with Crippen LogP contribution in [0.1, 0.15) is 6.92 Å². The topological polar surface area (TPSA) is 61.8 Å². The van der Waals surface area contributed by atoms with Crippen molar-refractivity contribution in [1.29, 1.82) is 0 Å².